The summed E-state index contributed by atoms with van der Waals surface area (Å²) < 4.78 is 8.27. The Morgan fingerprint density at radius 3 is 2.60 bits per heavy atom. The first-order valence-electron chi connectivity index (χ1n) is 17.0. The quantitative estimate of drug-likeness (QED) is 0.179. The van der Waals surface area contributed by atoms with Crippen LogP contribution in [0.1, 0.15) is 43.2 Å². The number of methoxy groups -OCH3 is 1. The van der Waals surface area contributed by atoms with Gasteiger partial charge >= 0.3 is 5.97 Å². The molecule has 2 aromatic heterocycles. The molecule has 0 spiro atoms. The molecule has 0 radical (unpaired) electrons. The van der Waals surface area contributed by atoms with Gasteiger partial charge in [0.15, 0.2) is 0 Å². The molecule has 12 nitrogen and oxygen atoms in total. The molecule has 4 aromatic rings. The van der Waals surface area contributed by atoms with Gasteiger partial charge in [-0.15, -0.1) is 11.3 Å². The van der Waals surface area contributed by atoms with Crippen molar-refractivity contribution in [1.82, 2.24) is 14.7 Å². The predicted octanol–water partition coefficient (Wildman–Crippen LogP) is 5.68. The molecule has 6 atom stereocenters. The number of benzene rings is 2. The number of carbonyl (C=O) groups excluding carboxylic acids is 4. The zero-order valence-electron chi connectivity index (χ0n) is 28.8. The number of halogens is 1. The smallest absolute Gasteiger partial charge is 0.305 e. The Morgan fingerprint density at radius 1 is 1.10 bits per heavy atom. The number of carboxylic acids is 1. The molecular formula is C38H35ClN4O8S. The number of fused-ring (bicyclic) bond motifs is 5. The topological polar surface area (TPSA) is 159 Å². The lowest BCUT2D eigenvalue weighted by atomic mass is 9.51. The Labute approximate surface area is 307 Å². The van der Waals surface area contributed by atoms with Gasteiger partial charge in [0, 0.05) is 40.9 Å². The van der Waals surface area contributed by atoms with Crippen molar-refractivity contribution in [2.24, 2.45) is 36.1 Å². The van der Waals surface area contributed by atoms with E-state index in [2.05, 4.69) is 0 Å². The number of thiophene rings is 1. The molecule has 0 bridgehead atoms. The normalized spacial score (nSPS) is 26.9. The van der Waals surface area contributed by atoms with Gasteiger partial charge in [-0.25, -0.2) is 4.90 Å². The Balaban J connectivity index is 1.25. The number of aromatic hydroxyl groups is 1. The van der Waals surface area contributed by atoms with Crippen LogP contribution in [0, 0.1) is 36.0 Å². The summed E-state index contributed by atoms with van der Waals surface area (Å²) in [6.07, 6.45) is 1.77. The van der Waals surface area contributed by atoms with E-state index in [4.69, 9.17) is 21.4 Å². The fourth-order valence-electron chi connectivity index (χ4n) is 9.25. The molecule has 2 aliphatic heterocycles. The number of nitrogens with zero attached hydrogens (tertiary/aromatic N) is 4. The maximum absolute atomic E-state index is 15.0. The highest BCUT2D eigenvalue weighted by Crippen LogP contribution is 2.65. The zero-order valence-corrected chi connectivity index (χ0v) is 30.3. The molecular weight excluding hydrogens is 708 g/mol. The van der Waals surface area contributed by atoms with Crippen LogP contribution in [0.3, 0.4) is 0 Å². The number of hydrogen-bond donors (Lipinski definition) is 2. The summed E-state index contributed by atoms with van der Waals surface area (Å²) in [6.45, 7) is 3.46. The van der Waals surface area contributed by atoms with Crippen LogP contribution in [0.5, 0.6) is 11.5 Å². The number of ether oxygens (including phenoxy) is 1. The lowest BCUT2D eigenvalue weighted by Gasteiger charge is -2.49. The van der Waals surface area contributed by atoms with E-state index in [1.54, 1.807) is 32.2 Å². The van der Waals surface area contributed by atoms with Crippen LogP contribution in [0.15, 0.2) is 54.1 Å². The van der Waals surface area contributed by atoms with Gasteiger partial charge in [0.25, 0.3) is 0 Å². The van der Waals surface area contributed by atoms with Crippen molar-refractivity contribution < 1.29 is 38.9 Å². The second kappa shape index (κ2) is 12.0. The van der Waals surface area contributed by atoms with E-state index in [0.29, 0.717) is 27.6 Å². The van der Waals surface area contributed by atoms with E-state index < -0.39 is 64.6 Å². The first kappa shape index (κ1) is 34.1. The van der Waals surface area contributed by atoms with Crippen molar-refractivity contribution in [3.63, 3.8) is 0 Å². The molecule has 2 N–H and O–H groups in total. The largest absolute Gasteiger partial charge is 0.508 e. The summed E-state index contributed by atoms with van der Waals surface area (Å²) >= 11 is 7.83. The van der Waals surface area contributed by atoms with E-state index in [9.17, 15) is 29.4 Å². The van der Waals surface area contributed by atoms with Gasteiger partial charge in [0.1, 0.15) is 23.0 Å². The van der Waals surface area contributed by atoms with Gasteiger partial charge in [0.05, 0.1) is 41.6 Å². The molecule has 8 rings (SSSR count). The SMILES string of the molecule is COc1cccc(O)c1C1C2=CCC3C(=O)N(CCC(=O)O)C(=O)C3C2CC2C(=O)N(c3cc(-c4sc5ccc(Cl)cc5c4C)nn3C)C(=O)C21C. The Kier molecular flexibility index (Phi) is 7.88. The van der Waals surface area contributed by atoms with Crippen molar-refractivity contribution >= 4 is 68.4 Å². The minimum atomic E-state index is -1.43. The minimum Gasteiger partial charge on any atom is -0.508 e. The predicted molar refractivity (Wildman–Crippen MR) is 192 cm³/mol. The third kappa shape index (κ3) is 4.71. The maximum atomic E-state index is 15.0. The van der Waals surface area contributed by atoms with Crippen molar-refractivity contribution in [2.75, 3.05) is 18.6 Å². The van der Waals surface area contributed by atoms with E-state index in [-0.39, 0.29) is 37.4 Å². The van der Waals surface area contributed by atoms with Crippen LogP contribution in [-0.4, -0.2) is 68.1 Å². The average molecular weight is 743 g/mol. The number of phenols is 1. The first-order chi connectivity index (χ1) is 24.8. The van der Waals surface area contributed by atoms with Gasteiger partial charge in [0.2, 0.25) is 23.6 Å². The number of rotatable bonds is 7. The molecule has 268 valence electrons. The van der Waals surface area contributed by atoms with E-state index in [0.717, 1.165) is 25.4 Å². The number of hydrogen-bond acceptors (Lipinski definition) is 9. The summed E-state index contributed by atoms with van der Waals surface area (Å²) in [5, 5.41) is 27.1. The van der Waals surface area contributed by atoms with Crippen LogP contribution < -0.4 is 9.64 Å². The Hall–Kier alpha value is -5.01. The number of aliphatic carboxylic acids is 1. The number of carboxylic acid groups (broad SMARTS) is 1. The number of aryl methyl sites for hydroxylation is 2. The number of likely N-dealkylation sites (tertiary alicyclic amines) is 1. The second-order valence-corrected chi connectivity index (χ2v) is 15.7. The average Bonchev–Trinajstić information content (AvgIpc) is 3.77. The van der Waals surface area contributed by atoms with E-state index in [1.165, 1.54) is 34.1 Å². The Morgan fingerprint density at radius 2 is 1.87 bits per heavy atom. The molecule has 1 saturated carbocycles. The monoisotopic (exact) mass is 742 g/mol. The van der Waals surface area contributed by atoms with Gasteiger partial charge < -0.3 is 14.9 Å². The number of aromatic nitrogens is 2. The number of carbonyl (C=O) groups is 5. The molecule has 2 aromatic carbocycles. The summed E-state index contributed by atoms with van der Waals surface area (Å²) in [5.74, 6) is -6.60. The summed E-state index contributed by atoms with van der Waals surface area (Å²) in [6, 6.07) is 12.2. The summed E-state index contributed by atoms with van der Waals surface area (Å²) in [5.41, 5.74) is 1.12. The standard InChI is InChI=1S/C38H35ClN4O8S/c1-17-21-14-18(39)8-11-27(21)52-33(17)24-16-28(41(3)40-24)43-35(48)23-15-22-19(9-10-20-30(22)36(49)42(34(20)47)13-12-29(45)46)32(38(23,2)37(43)50)31-25(44)6-5-7-26(31)51-4/h5-9,11,14,16,20,22-23,30,32,44H,10,12-13,15H2,1-4H3,(H,45,46). The van der Waals surface area contributed by atoms with E-state index in [1.807, 2.05) is 31.2 Å². The second-order valence-electron chi connectivity index (χ2n) is 14.2. The molecule has 4 amide bonds. The van der Waals surface area contributed by atoms with Crippen LogP contribution >= 0.6 is 22.9 Å². The molecule has 52 heavy (non-hydrogen) atoms. The van der Waals surface area contributed by atoms with Gasteiger partial charge in [-0.2, -0.15) is 5.10 Å². The molecule has 4 aliphatic rings. The molecule has 4 heterocycles. The van der Waals surface area contributed by atoms with Crippen molar-refractivity contribution in [1.29, 1.82) is 0 Å². The third-order valence-corrected chi connectivity index (χ3v) is 13.2. The highest BCUT2D eigenvalue weighted by Gasteiger charge is 2.68. The fraction of sp³-hybridized carbons (Fsp3) is 0.368. The molecule has 2 aliphatic carbocycles. The molecule has 6 unspecified atom stereocenters. The fourth-order valence-corrected chi connectivity index (χ4v) is 10.6. The van der Waals surface area contributed by atoms with E-state index >= 15 is 4.79 Å². The number of phenolic OH excluding ortho intramolecular Hbond substituents is 1. The summed E-state index contributed by atoms with van der Waals surface area (Å²) in [4.78, 5) is 71.8. The maximum Gasteiger partial charge on any atom is 0.305 e. The molecule has 2 saturated heterocycles. The van der Waals surface area contributed by atoms with Crippen molar-refractivity contribution in [2.45, 2.75) is 39.0 Å². The van der Waals surface area contributed by atoms with Crippen molar-refractivity contribution in [3.05, 3.63) is 70.3 Å². The molecule has 3 fully saturated rings. The van der Waals surface area contributed by atoms with Crippen LogP contribution in [0.2, 0.25) is 5.02 Å². The number of anilines is 1. The van der Waals surface area contributed by atoms with Crippen molar-refractivity contribution in [3.8, 4) is 22.1 Å². The minimum absolute atomic E-state index is 0.101. The van der Waals surface area contributed by atoms with Crippen LogP contribution in [0.25, 0.3) is 20.7 Å². The van der Waals surface area contributed by atoms with Gasteiger partial charge in [-0.1, -0.05) is 29.3 Å². The lowest BCUT2D eigenvalue weighted by Crippen LogP contribution is -2.49. The molecule has 14 heteroatoms. The number of allylic oxidation sites excluding steroid dienone is 2. The third-order valence-electron chi connectivity index (χ3n) is 11.7. The highest BCUT2D eigenvalue weighted by molar-refractivity contribution is 7.22. The number of imide groups is 2. The number of amides is 4. The Bertz CT molecular complexity index is 2290. The lowest BCUT2D eigenvalue weighted by molar-refractivity contribution is -0.142. The first-order valence-corrected chi connectivity index (χ1v) is 18.2. The van der Waals surface area contributed by atoms with Gasteiger partial charge in [-0.05, 0) is 73.9 Å². The van der Waals surface area contributed by atoms with Gasteiger partial charge in [-0.3, -0.25) is 33.6 Å². The zero-order chi connectivity index (χ0) is 37.0. The van der Waals surface area contributed by atoms with Crippen LogP contribution in [-0.2, 0) is 31.0 Å². The highest BCUT2D eigenvalue weighted by atomic mass is 35.5. The van der Waals surface area contributed by atoms with Crippen LogP contribution in [0.4, 0.5) is 5.82 Å². The summed E-state index contributed by atoms with van der Waals surface area (Å²) in [7, 11) is 3.13.